The summed E-state index contributed by atoms with van der Waals surface area (Å²) in [4.78, 5) is 10.8. The van der Waals surface area contributed by atoms with Crippen LogP contribution in [0.3, 0.4) is 0 Å². The van der Waals surface area contributed by atoms with E-state index in [4.69, 9.17) is 0 Å². The predicted molar refractivity (Wildman–Crippen MR) is 50.7 cm³/mol. The minimum absolute atomic E-state index is 0.337. The molecule has 0 bridgehead atoms. The van der Waals surface area contributed by atoms with Crippen molar-refractivity contribution in [2.45, 2.75) is 18.7 Å². The van der Waals surface area contributed by atoms with Crippen molar-refractivity contribution in [1.82, 2.24) is 0 Å². The Hall–Kier alpha value is -0.960. The Labute approximate surface area is 85.7 Å². The number of hydrogen-bond donors (Lipinski definition) is 0. The fraction of sp³-hybridized carbons (Fsp3) is 0.300. The molecule has 1 aromatic rings. The van der Waals surface area contributed by atoms with E-state index in [9.17, 15) is 13.6 Å². The van der Waals surface area contributed by atoms with Crippen LogP contribution in [0.4, 0.5) is 8.78 Å². The van der Waals surface area contributed by atoms with Gasteiger partial charge in [-0.1, -0.05) is 29.8 Å². The quantitative estimate of drug-likeness (QED) is 0.713. The van der Waals surface area contributed by atoms with E-state index in [-0.39, 0.29) is 6.42 Å². The molecule has 4 heteroatoms. The molecule has 0 atom stereocenters. The minimum Gasteiger partial charge on any atom is -0.291 e. The Morgan fingerprint density at radius 1 is 1.36 bits per heavy atom. The van der Waals surface area contributed by atoms with E-state index in [1.54, 1.807) is 24.3 Å². The van der Waals surface area contributed by atoms with Crippen LogP contribution in [-0.4, -0.2) is 11.2 Å². The van der Waals surface area contributed by atoms with E-state index in [2.05, 4.69) is 11.6 Å². The summed E-state index contributed by atoms with van der Waals surface area (Å²) >= 11 is 4.58. The standard InChI is InChI=1S/C10H9ClF2O/c1-7-2-4-8(5-3-7)6-9(14)10(11,12)13/h2-5H,6H2,1H3. The smallest absolute Gasteiger partial charge is 0.291 e. The first-order chi connectivity index (χ1) is 6.39. The van der Waals surface area contributed by atoms with Crippen molar-refractivity contribution in [3.63, 3.8) is 0 Å². The Morgan fingerprint density at radius 3 is 2.29 bits per heavy atom. The second-order valence-corrected chi connectivity index (χ2v) is 3.56. The summed E-state index contributed by atoms with van der Waals surface area (Å²) in [6.07, 6.45) is -0.337. The van der Waals surface area contributed by atoms with Crippen molar-refractivity contribution < 1.29 is 13.6 Å². The molecule has 0 saturated carbocycles. The summed E-state index contributed by atoms with van der Waals surface area (Å²) in [5.41, 5.74) is 1.56. The van der Waals surface area contributed by atoms with Gasteiger partial charge in [-0.2, -0.15) is 8.78 Å². The van der Waals surface area contributed by atoms with Gasteiger partial charge in [-0.3, -0.25) is 4.79 Å². The SMILES string of the molecule is Cc1ccc(CC(=O)C(F)(F)Cl)cc1. The van der Waals surface area contributed by atoms with E-state index in [0.29, 0.717) is 5.56 Å². The summed E-state index contributed by atoms with van der Waals surface area (Å²) < 4.78 is 24.6. The van der Waals surface area contributed by atoms with Gasteiger partial charge in [0.25, 0.3) is 0 Å². The summed E-state index contributed by atoms with van der Waals surface area (Å²) in [5.74, 6) is -1.27. The number of benzene rings is 1. The van der Waals surface area contributed by atoms with E-state index in [1.807, 2.05) is 6.92 Å². The Bertz CT molecular complexity index is 327. The Balaban J connectivity index is 2.71. The van der Waals surface area contributed by atoms with Gasteiger partial charge >= 0.3 is 5.38 Å². The molecule has 0 N–H and O–H groups in total. The molecular formula is C10H9ClF2O. The molecule has 0 spiro atoms. The number of alkyl halides is 3. The number of halogens is 3. The molecular weight excluding hydrogens is 210 g/mol. The van der Waals surface area contributed by atoms with Crippen molar-refractivity contribution >= 4 is 17.4 Å². The number of Topliss-reactive ketones (excluding diaryl/α,β-unsaturated/α-hetero) is 1. The second kappa shape index (κ2) is 4.05. The molecule has 14 heavy (non-hydrogen) atoms. The Morgan fingerprint density at radius 2 is 1.86 bits per heavy atom. The van der Waals surface area contributed by atoms with Crippen LogP contribution in [0, 0.1) is 6.92 Å². The highest BCUT2D eigenvalue weighted by Gasteiger charge is 2.34. The van der Waals surface area contributed by atoms with E-state index in [1.165, 1.54) is 0 Å². The summed E-state index contributed by atoms with van der Waals surface area (Å²) in [6, 6.07) is 6.79. The van der Waals surface area contributed by atoms with Crippen LogP contribution < -0.4 is 0 Å². The van der Waals surface area contributed by atoms with Crippen LogP contribution in [-0.2, 0) is 11.2 Å². The third kappa shape index (κ3) is 3.07. The molecule has 76 valence electrons. The van der Waals surface area contributed by atoms with Crippen molar-refractivity contribution in [2.24, 2.45) is 0 Å². The molecule has 0 aliphatic rings. The number of rotatable bonds is 3. The normalized spacial score (nSPS) is 11.4. The molecule has 0 saturated heterocycles. The summed E-state index contributed by atoms with van der Waals surface area (Å²) in [6.45, 7) is 1.88. The highest BCUT2D eigenvalue weighted by Crippen LogP contribution is 2.22. The van der Waals surface area contributed by atoms with Gasteiger partial charge < -0.3 is 0 Å². The number of carbonyl (C=O) groups excluding carboxylic acids is 1. The summed E-state index contributed by atoms with van der Waals surface area (Å²) in [5, 5.41) is -3.76. The molecule has 0 heterocycles. The number of carbonyl (C=O) groups is 1. The molecule has 0 fully saturated rings. The van der Waals surface area contributed by atoms with E-state index in [0.717, 1.165) is 5.56 Å². The van der Waals surface area contributed by atoms with Gasteiger partial charge in [0.2, 0.25) is 5.78 Å². The first-order valence-electron chi connectivity index (χ1n) is 4.05. The van der Waals surface area contributed by atoms with Crippen LogP contribution in [0.15, 0.2) is 24.3 Å². The number of hydrogen-bond acceptors (Lipinski definition) is 1. The molecule has 0 aromatic heterocycles. The fourth-order valence-corrected chi connectivity index (χ4v) is 1.06. The predicted octanol–water partition coefficient (Wildman–Crippen LogP) is 2.94. The highest BCUT2D eigenvalue weighted by atomic mass is 35.5. The lowest BCUT2D eigenvalue weighted by molar-refractivity contribution is -0.132. The Kier molecular flexibility index (Phi) is 3.21. The van der Waals surface area contributed by atoms with Gasteiger partial charge in [0, 0.05) is 6.42 Å². The average molecular weight is 219 g/mol. The first-order valence-corrected chi connectivity index (χ1v) is 4.43. The first kappa shape index (κ1) is 11.1. The zero-order chi connectivity index (χ0) is 10.8. The molecule has 0 amide bonds. The van der Waals surface area contributed by atoms with Crippen molar-refractivity contribution in [3.05, 3.63) is 35.4 Å². The van der Waals surface area contributed by atoms with Gasteiger partial charge in [-0.05, 0) is 24.1 Å². The highest BCUT2D eigenvalue weighted by molar-refractivity contribution is 6.32. The van der Waals surface area contributed by atoms with Crippen LogP contribution in [0.1, 0.15) is 11.1 Å². The van der Waals surface area contributed by atoms with Crippen LogP contribution in [0.5, 0.6) is 0 Å². The zero-order valence-electron chi connectivity index (χ0n) is 7.56. The molecule has 0 aliphatic carbocycles. The maximum absolute atomic E-state index is 12.3. The van der Waals surface area contributed by atoms with Crippen LogP contribution in [0.25, 0.3) is 0 Å². The number of ketones is 1. The lowest BCUT2D eigenvalue weighted by Crippen LogP contribution is -2.23. The number of aryl methyl sites for hydroxylation is 1. The van der Waals surface area contributed by atoms with Gasteiger partial charge in [-0.25, -0.2) is 0 Å². The van der Waals surface area contributed by atoms with Gasteiger partial charge in [0.05, 0.1) is 0 Å². The monoisotopic (exact) mass is 218 g/mol. The molecule has 1 nitrogen and oxygen atoms in total. The third-order valence-corrected chi connectivity index (χ3v) is 2.01. The lowest BCUT2D eigenvalue weighted by Gasteiger charge is -2.06. The van der Waals surface area contributed by atoms with Gasteiger partial charge in [-0.15, -0.1) is 0 Å². The minimum atomic E-state index is -3.76. The average Bonchev–Trinajstić information content (AvgIpc) is 2.07. The molecule has 0 aliphatic heterocycles. The molecule has 1 aromatic carbocycles. The second-order valence-electron chi connectivity index (χ2n) is 3.08. The van der Waals surface area contributed by atoms with Gasteiger partial charge in [0.15, 0.2) is 0 Å². The molecule has 0 unspecified atom stereocenters. The van der Waals surface area contributed by atoms with Gasteiger partial charge in [0.1, 0.15) is 0 Å². The molecule has 0 radical (unpaired) electrons. The topological polar surface area (TPSA) is 17.1 Å². The van der Waals surface area contributed by atoms with Crippen LogP contribution >= 0.6 is 11.6 Å². The largest absolute Gasteiger partial charge is 0.380 e. The van der Waals surface area contributed by atoms with Crippen molar-refractivity contribution in [2.75, 3.05) is 0 Å². The summed E-state index contributed by atoms with van der Waals surface area (Å²) in [7, 11) is 0. The zero-order valence-corrected chi connectivity index (χ0v) is 8.31. The third-order valence-electron chi connectivity index (χ3n) is 1.80. The van der Waals surface area contributed by atoms with E-state index < -0.39 is 11.2 Å². The lowest BCUT2D eigenvalue weighted by atomic mass is 10.1. The van der Waals surface area contributed by atoms with Crippen molar-refractivity contribution in [1.29, 1.82) is 0 Å². The maximum Gasteiger partial charge on any atom is 0.380 e. The van der Waals surface area contributed by atoms with E-state index >= 15 is 0 Å². The fourth-order valence-electron chi connectivity index (χ4n) is 0.992. The van der Waals surface area contributed by atoms with Crippen LogP contribution in [0.2, 0.25) is 0 Å². The van der Waals surface area contributed by atoms with Crippen molar-refractivity contribution in [3.8, 4) is 0 Å². The maximum atomic E-state index is 12.3. The molecule has 1 rings (SSSR count).